The Balaban J connectivity index is 1.52. The number of nitro groups is 1. The van der Waals surface area contributed by atoms with E-state index in [1.165, 1.54) is 30.0 Å². The summed E-state index contributed by atoms with van der Waals surface area (Å²) in [5.41, 5.74) is 6.25. The molecule has 2 amide bonds. The first-order valence-corrected chi connectivity index (χ1v) is 12.9. The summed E-state index contributed by atoms with van der Waals surface area (Å²) in [7, 11) is 0. The standard InChI is InChI=1S/C22H22N6O7S2/c1-2-7-35-26-16(14-10-36-22(23)24-14)18(29)25-17-19(30)27-15(21(31)32)9-13(37-20(17)27)8-11-3-5-12(6-4-11)28(33)34/h3-6,9-10,13,17,20H,2,7-8H2,1H3,(H2,23,24)(H,25,29)(H,31,32)/t13?,17?,20-/m1/s1. The van der Waals surface area contributed by atoms with E-state index in [4.69, 9.17) is 10.6 Å². The number of anilines is 1. The van der Waals surface area contributed by atoms with Crippen LogP contribution in [-0.4, -0.2) is 66.7 Å². The molecule has 13 nitrogen and oxygen atoms in total. The van der Waals surface area contributed by atoms with Crippen LogP contribution in [0.15, 0.2) is 46.6 Å². The maximum atomic E-state index is 13.1. The van der Waals surface area contributed by atoms with Crippen molar-refractivity contribution in [1.82, 2.24) is 15.2 Å². The van der Waals surface area contributed by atoms with Gasteiger partial charge in [-0.1, -0.05) is 24.2 Å². The highest BCUT2D eigenvalue weighted by atomic mass is 32.2. The molecule has 0 spiro atoms. The van der Waals surface area contributed by atoms with Gasteiger partial charge in [0, 0.05) is 22.8 Å². The second-order valence-corrected chi connectivity index (χ2v) is 10.3. The Hall–Kier alpha value is -3.98. The SMILES string of the molecule is CCCON=C(C(=O)NC1C(=O)N2C(C(=O)O)=CC(Cc3ccc([N+](=O)[O-])cc3)S[C@H]12)c1csc(N)n1. The molecule has 15 heteroatoms. The molecule has 2 aromatic rings. The van der Waals surface area contributed by atoms with E-state index in [1.807, 2.05) is 6.92 Å². The molecule has 2 aliphatic heterocycles. The number of non-ortho nitro benzene ring substituents is 1. The average molecular weight is 547 g/mol. The molecular weight excluding hydrogens is 524 g/mol. The number of β-lactam (4-membered cyclic amide) rings is 1. The Bertz CT molecular complexity index is 1290. The van der Waals surface area contributed by atoms with E-state index in [-0.39, 0.29) is 39.8 Å². The molecule has 2 unspecified atom stereocenters. The Morgan fingerprint density at radius 3 is 2.68 bits per heavy atom. The van der Waals surface area contributed by atoms with Crippen LogP contribution < -0.4 is 11.1 Å². The molecule has 3 heterocycles. The number of nitro benzene ring substituents is 1. The number of amides is 2. The summed E-state index contributed by atoms with van der Waals surface area (Å²) in [5.74, 6) is -2.55. The molecule has 1 aromatic heterocycles. The second-order valence-electron chi connectivity index (χ2n) is 8.05. The first-order valence-electron chi connectivity index (χ1n) is 11.1. The summed E-state index contributed by atoms with van der Waals surface area (Å²) in [6.07, 6.45) is 2.51. The lowest BCUT2D eigenvalue weighted by Gasteiger charge is -2.49. The van der Waals surface area contributed by atoms with Gasteiger partial charge < -0.3 is 21.0 Å². The number of aliphatic carboxylic acids is 1. The van der Waals surface area contributed by atoms with Gasteiger partial charge in [-0.3, -0.25) is 24.6 Å². The maximum Gasteiger partial charge on any atom is 0.352 e. The number of carbonyl (C=O) groups is 3. The van der Waals surface area contributed by atoms with E-state index in [2.05, 4.69) is 15.5 Å². The molecule has 1 aromatic carbocycles. The van der Waals surface area contributed by atoms with Gasteiger partial charge in [0.2, 0.25) is 0 Å². The van der Waals surface area contributed by atoms with Crippen molar-refractivity contribution in [1.29, 1.82) is 0 Å². The molecular formula is C22H22N6O7S2. The number of hydrogen-bond donors (Lipinski definition) is 3. The number of carbonyl (C=O) groups excluding carboxylic acids is 2. The van der Waals surface area contributed by atoms with Crippen molar-refractivity contribution in [2.24, 2.45) is 5.16 Å². The molecule has 194 valence electrons. The number of carboxylic acids is 1. The zero-order chi connectivity index (χ0) is 26.7. The first-order chi connectivity index (χ1) is 17.7. The van der Waals surface area contributed by atoms with E-state index in [1.54, 1.807) is 17.5 Å². The molecule has 4 N–H and O–H groups in total. The number of hydrogen-bond acceptors (Lipinski definition) is 11. The van der Waals surface area contributed by atoms with Crippen molar-refractivity contribution >= 4 is 57.4 Å². The Morgan fingerprint density at radius 1 is 1.35 bits per heavy atom. The number of benzene rings is 1. The third-order valence-corrected chi connectivity index (χ3v) is 7.57. The molecule has 3 atom stereocenters. The predicted octanol–water partition coefficient (Wildman–Crippen LogP) is 1.74. The van der Waals surface area contributed by atoms with Crippen molar-refractivity contribution in [2.75, 3.05) is 12.3 Å². The fourth-order valence-electron chi connectivity index (χ4n) is 3.75. The minimum atomic E-state index is -1.27. The summed E-state index contributed by atoms with van der Waals surface area (Å²) in [5, 5.41) is 27.8. The van der Waals surface area contributed by atoms with E-state index in [9.17, 15) is 29.6 Å². The highest BCUT2D eigenvalue weighted by molar-refractivity contribution is 8.00. The third kappa shape index (κ3) is 5.56. The Labute approximate surface area is 218 Å². The number of rotatable bonds is 10. The van der Waals surface area contributed by atoms with Crippen LogP contribution in [0.5, 0.6) is 0 Å². The fraction of sp³-hybridized carbons (Fsp3) is 0.318. The van der Waals surface area contributed by atoms with Crippen molar-refractivity contribution in [3.8, 4) is 0 Å². The Kier molecular flexibility index (Phi) is 7.73. The Morgan fingerprint density at radius 2 is 2.08 bits per heavy atom. The number of aromatic nitrogens is 1. The van der Waals surface area contributed by atoms with Gasteiger partial charge in [0.15, 0.2) is 10.8 Å². The van der Waals surface area contributed by atoms with Crippen molar-refractivity contribution in [2.45, 2.75) is 36.4 Å². The van der Waals surface area contributed by atoms with Gasteiger partial charge in [0.05, 0.1) is 4.92 Å². The van der Waals surface area contributed by atoms with Gasteiger partial charge in [-0.2, -0.15) is 0 Å². The minimum Gasteiger partial charge on any atom is -0.477 e. The monoisotopic (exact) mass is 546 g/mol. The molecule has 0 aliphatic carbocycles. The number of oxime groups is 1. The lowest BCUT2D eigenvalue weighted by molar-refractivity contribution is -0.384. The molecule has 0 radical (unpaired) electrons. The topological polar surface area (TPSA) is 190 Å². The molecule has 37 heavy (non-hydrogen) atoms. The van der Waals surface area contributed by atoms with E-state index in [0.717, 1.165) is 21.8 Å². The van der Waals surface area contributed by atoms with Crippen LogP contribution in [0.25, 0.3) is 0 Å². The summed E-state index contributed by atoms with van der Waals surface area (Å²) >= 11 is 2.42. The van der Waals surface area contributed by atoms with Gasteiger partial charge in [0.1, 0.15) is 29.4 Å². The average Bonchev–Trinajstić information content (AvgIpc) is 3.30. The molecule has 1 fully saturated rings. The van der Waals surface area contributed by atoms with Gasteiger partial charge in [0.25, 0.3) is 17.5 Å². The molecule has 2 aliphatic rings. The zero-order valence-corrected chi connectivity index (χ0v) is 21.0. The van der Waals surface area contributed by atoms with Crippen LogP contribution in [0, 0.1) is 10.1 Å². The number of thioether (sulfide) groups is 1. The van der Waals surface area contributed by atoms with Crippen LogP contribution in [0.3, 0.4) is 0 Å². The van der Waals surface area contributed by atoms with Crippen LogP contribution in [0.4, 0.5) is 10.8 Å². The van der Waals surface area contributed by atoms with E-state index in [0.29, 0.717) is 12.8 Å². The molecule has 0 saturated carbocycles. The van der Waals surface area contributed by atoms with E-state index < -0.39 is 34.1 Å². The highest BCUT2D eigenvalue weighted by Gasteiger charge is 2.54. The van der Waals surface area contributed by atoms with Crippen LogP contribution in [0.1, 0.15) is 24.6 Å². The summed E-state index contributed by atoms with van der Waals surface area (Å²) in [6, 6.07) is 4.94. The minimum absolute atomic E-state index is 0.0531. The molecule has 1 saturated heterocycles. The molecule has 4 rings (SSSR count). The number of nitrogens with one attached hydrogen (secondary N) is 1. The van der Waals surface area contributed by atoms with Crippen molar-refractivity contribution < 1.29 is 29.3 Å². The number of nitrogens with zero attached hydrogens (tertiary/aromatic N) is 4. The highest BCUT2D eigenvalue weighted by Crippen LogP contribution is 2.42. The summed E-state index contributed by atoms with van der Waals surface area (Å²) in [4.78, 5) is 58.6. The van der Waals surface area contributed by atoms with Crippen molar-refractivity contribution in [3.63, 3.8) is 0 Å². The third-order valence-electron chi connectivity index (χ3n) is 5.48. The lowest BCUT2D eigenvalue weighted by Crippen LogP contribution is -2.71. The fourth-order valence-corrected chi connectivity index (χ4v) is 5.83. The smallest absolute Gasteiger partial charge is 0.352 e. The summed E-state index contributed by atoms with van der Waals surface area (Å²) in [6.45, 7) is 2.14. The maximum absolute atomic E-state index is 13.1. The largest absolute Gasteiger partial charge is 0.477 e. The van der Waals surface area contributed by atoms with E-state index >= 15 is 0 Å². The zero-order valence-electron chi connectivity index (χ0n) is 19.4. The normalized spacial score (nSPS) is 20.9. The number of fused-ring (bicyclic) bond motifs is 1. The van der Waals surface area contributed by atoms with Crippen LogP contribution in [0.2, 0.25) is 0 Å². The number of nitrogen functional groups attached to an aromatic ring is 1. The van der Waals surface area contributed by atoms with Crippen LogP contribution in [-0.2, 0) is 25.6 Å². The second kappa shape index (κ2) is 11.0. The van der Waals surface area contributed by atoms with Crippen molar-refractivity contribution in [3.05, 3.63) is 62.8 Å². The molecule has 0 bridgehead atoms. The number of carboxylic acid groups (broad SMARTS) is 1. The van der Waals surface area contributed by atoms with Crippen LogP contribution >= 0.6 is 23.1 Å². The number of thiazole rings is 1. The summed E-state index contributed by atoms with van der Waals surface area (Å²) < 4.78 is 0. The predicted molar refractivity (Wildman–Crippen MR) is 136 cm³/mol. The first kappa shape index (κ1) is 26.1. The van der Waals surface area contributed by atoms with Gasteiger partial charge >= 0.3 is 5.97 Å². The quantitative estimate of drug-likeness (QED) is 0.130. The van der Waals surface area contributed by atoms with Gasteiger partial charge in [-0.05, 0) is 24.5 Å². The van der Waals surface area contributed by atoms with Gasteiger partial charge in [-0.15, -0.1) is 23.1 Å². The van der Waals surface area contributed by atoms with Gasteiger partial charge in [-0.25, -0.2) is 9.78 Å². The lowest BCUT2D eigenvalue weighted by atomic mass is 10.0. The number of nitrogens with two attached hydrogens (primary N) is 1.